The van der Waals surface area contributed by atoms with Crippen molar-refractivity contribution in [1.29, 1.82) is 0 Å². The van der Waals surface area contributed by atoms with Gasteiger partial charge in [0.15, 0.2) is 0 Å². The van der Waals surface area contributed by atoms with E-state index in [1.54, 1.807) is 6.07 Å². The third-order valence-corrected chi connectivity index (χ3v) is 3.52. The highest BCUT2D eigenvalue weighted by atomic mass is 16.2. The van der Waals surface area contributed by atoms with Crippen molar-refractivity contribution in [2.24, 2.45) is 5.73 Å². The van der Waals surface area contributed by atoms with Gasteiger partial charge in [0, 0.05) is 29.6 Å². The Kier molecular flexibility index (Phi) is 5.11. The quantitative estimate of drug-likeness (QED) is 0.756. The molecule has 5 nitrogen and oxygen atoms in total. The minimum absolute atomic E-state index is 0.0597. The van der Waals surface area contributed by atoms with E-state index in [0.717, 1.165) is 24.6 Å². The minimum atomic E-state index is -0.281. The van der Waals surface area contributed by atoms with Gasteiger partial charge in [0.2, 0.25) is 5.56 Å². The van der Waals surface area contributed by atoms with E-state index in [2.05, 4.69) is 17.2 Å². The first-order chi connectivity index (χ1) is 10.2. The van der Waals surface area contributed by atoms with E-state index < -0.39 is 0 Å². The number of aromatic amines is 1. The molecule has 112 valence electrons. The molecule has 1 amide bonds. The average Bonchev–Trinajstić information content (AvgIpc) is 2.50. The van der Waals surface area contributed by atoms with Crippen molar-refractivity contribution in [3.8, 4) is 0 Å². The third kappa shape index (κ3) is 3.70. The van der Waals surface area contributed by atoms with Crippen LogP contribution in [0.1, 0.15) is 36.5 Å². The van der Waals surface area contributed by atoms with Crippen molar-refractivity contribution < 1.29 is 4.79 Å². The average molecular weight is 287 g/mol. The lowest BCUT2D eigenvalue weighted by Crippen LogP contribution is -2.40. The molecule has 0 saturated carbocycles. The molecule has 1 heterocycles. The van der Waals surface area contributed by atoms with Gasteiger partial charge in [-0.25, -0.2) is 0 Å². The van der Waals surface area contributed by atoms with Gasteiger partial charge in [-0.05, 0) is 12.5 Å². The molecule has 1 unspecified atom stereocenters. The summed E-state index contributed by atoms with van der Waals surface area (Å²) in [6.45, 7) is 2.49. The Morgan fingerprint density at radius 1 is 1.38 bits per heavy atom. The van der Waals surface area contributed by atoms with E-state index in [-0.39, 0.29) is 17.5 Å². The number of nitrogens with one attached hydrogen (secondary N) is 2. The third-order valence-electron chi connectivity index (χ3n) is 3.52. The minimum Gasteiger partial charge on any atom is -0.348 e. The van der Waals surface area contributed by atoms with Crippen molar-refractivity contribution in [3.63, 3.8) is 0 Å². The number of amides is 1. The lowest BCUT2D eigenvalue weighted by molar-refractivity contribution is 0.0937. The zero-order valence-electron chi connectivity index (χ0n) is 12.2. The molecule has 0 saturated heterocycles. The van der Waals surface area contributed by atoms with Gasteiger partial charge in [0.05, 0.1) is 5.56 Å². The van der Waals surface area contributed by atoms with Crippen LogP contribution in [0.5, 0.6) is 0 Å². The van der Waals surface area contributed by atoms with Crippen LogP contribution in [0.4, 0.5) is 0 Å². The zero-order chi connectivity index (χ0) is 15.2. The lowest BCUT2D eigenvalue weighted by Gasteiger charge is -2.17. The topological polar surface area (TPSA) is 88.0 Å². The summed E-state index contributed by atoms with van der Waals surface area (Å²) in [5.41, 5.74) is 6.47. The van der Waals surface area contributed by atoms with Gasteiger partial charge in [-0.2, -0.15) is 0 Å². The summed E-state index contributed by atoms with van der Waals surface area (Å²) in [6, 6.07) is 8.55. The predicted octanol–water partition coefficient (Wildman–Crippen LogP) is 1.78. The molecule has 0 fully saturated rings. The Bertz CT molecular complexity index is 679. The molecule has 0 aliphatic rings. The Morgan fingerprint density at radius 2 is 2.14 bits per heavy atom. The maximum atomic E-state index is 12.4. The number of unbranched alkanes of at least 4 members (excludes halogenated alkanes) is 1. The molecular formula is C16H21N3O2. The van der Waals surface area contributed by atoms with Crippen LogP contribution in [-0.4, -0.2) is 23.5 Å². The number of rotatable bonds is 6. The van der Waals surface area contributed by atoms with E-state index in [1.807, 2.05) is 18.2 Å². The number of para-hydroxylation sites is 1. The highest BCUT2D eigenvalue weighted by Crippen LogP contribution is 2.14. The Labute approximate surface area is 123 Å². The second-order valence-electron chi connectivity index (χ2n) is 5.14. The SMILES string of the molecule is CCCCC(CN)NC(=O)c1cc(=O)[nH]c2ccccc12. The van der Waals surface area contributed by atoms with E-state index in [0.29, 0.717) is 17.6 Å². The normalized spacial score (nSPS) is 12.3. The predicted molar refractivity (Wildman–Crippen MR) is 84.4 cm³/mol. The number of carbonyl (C=O) groups is 1. The fourth-order valence-corrected chi connectivity index (χ4v) is 2.36. The first kappa shape index (κ1) is 15.3. The fourth-order valence-electron chi connectivity index (χ4n) is 2.36. The molecule has 1 aromatic carbocycles. The first-order valence-electron chi connectivity index (χ1n) is 7.28. The number of benzene rings is 1. The summed E-state index contributed by atoms with van der Waals surface area (Å²) in [5, 5.41) is 3.66. The molecule has 5 heteroatoms. The Balaban J connectivity index is 2.28. The fraction of sp³-hybridized carbons (Fsp3) is 0.375. The smallest absolute Gasteiger partial charge is 0.252 e. The number of fused-ring (bicyclic) bond motifs is 1. The van der Waals surface area contributed by atoms with Crippen molar-refractivity contribution in [2.75, 3.05) is 6.54 Å². The zero-order valence-corrected chi connectivity index (χ0v) is 12.2. The van der Waals surface area contributed by atoms with E-state index in [4.69, 9.17) is 5.73 Å². The van der Waals surface area contributed by atoms with Gasteiger partial charge < -0.3 is 16.0 Å². The highest BCUT2D eigenvalue weighted by molar-refractivity contribution is 6.06. The van der Waals surface area contributed by atoms with Crippen LogP contribution in [0.25, 0.3) is 10.9 Å². The number of H-pyrrole nitrogens is 1. The van der Waals surface area contributed by atoms with Crippen molar-refractivity contribution in [3.05, 3.63) is 46.2 Å². The summed E-state index contributed by atoms with van der Waals surface area (Å²) >= 11 is 0. The van der Waals surface area contributed by atoms with E-state index in [9.17, 15) is 9.59 Å². The Hall–Kier alpha value is -2.14. The van der Waals surface area contributed by atoms with Gasteiger partial charge in [-0.1, -0.05) is 38.0 Å². The van der Waals surface area contributed by atoms with Gasteiger partial charge in [-0.15, -0.1) is 0 Å². The molecule has 0 bridgehead atoms. The molecule has 0 aliphatic heterocycles. The van der Waals surface area contributed by atoms with Gasteiger partial charge in [0.1, 0.15) is 0 Å². The van der Waals surface area contributed by atoms with Crippen molar-refractivity contribution in [2.45, 2.75) is 32.2 Å². The molecule has 0 radical (unpaired) electrons. The van der Waals surface area contributed by atoms with Crippen LogP contribution in [0.2, 0.25) is 0 Å². The molecule has 21 heavy (non-hydrogen) atoms. The largest absolute Gasteiger partial charge is 0.348 e. The summed E-state index contributed by atoms with van der Waals surface area (Å²) < 4.78 is 0. The number of carbonyl (C=O) groups excluding carboxylic acids is 1. The summed E-state index contributed by atoms with van der Waals surface area (Å²) in [6.07, 6.45) is 2.92. The second-order valence-corrected chi connectivity index (χ2v) is 5.14. The monoisotopic (exact) mass is 287 g/mol. The molecule has 0 spiro atoms. The van der Waals surface area contributed by atoms with Gasteiger partial charge in [0.25, 0.3) is 5.91 Å². The summed E-state index contributed by atoms with van der Waals surface area (Å²) in [7, 11) is 0. The lowest BCUT2D eigenvalue weighted by atomic mass is 10.1. The number of hydrogen-bond donors (Lipinski definition) is 3. The number of pyridine rings is 1. The molecule has 2 aromatic rings. The summed E-state index contributed by atoms with van der Waals surface area (Å²) in [4.78, 5) is 26.8. The van der Waals surface area contributed by atoms with Gasteiger partial charge >= 0.3 is 0 Å². The molecule has 2 rings (SSSR count). The van der Waals surface area contributed by atoms with Crippen LogP contribution in [0.15, 0.2) is 35.1 Å². The van der Waals surface area contributed by atoms with Crippen LogP contribution < -0.4 is 16.6 Å². The number of nitrogens with two attached hydrogens (primary N) is 1. The molecule has 1 aromatic heterocycles. The standard InChI is InChI=1S/C16H21N3O2/c1-2-3-6-11(10-17)18-16(21)13-9-15(20)19-14-8-5-4-7-12(13)14/h4-5,7-9,11H,2-3,6,10,17H2,1H3,(H,18,21)(H,19,20). The van der Waals surface area contributed by atoms with Crippen LogP contribution in [-0.2, 0) is 0 Å². The van der Waals surface area contributed by atoms with Crippen molar-refractivity contribution >= 4 is 16.8 Å². The molecular weight excluding hydrogens is 266 g/mol. The highest BCUT2D eigenvalue weighted by Gasteiger charge is 2.15. The second kappa shape index (κ2) is 7.04. The maximum Gasteiger partial charge on any atom is 0.252 e. The maximum absolute atomic E-state index is 12.4. The Morgan fingerprint density at radius 3 is 2.86 bits per heavy atom. The summed E-state index contributed by atoms with van der Waals surface area (Å²) in [5.74, 6) is -0.246. The molecule has 0 aliphatic carbocycles. The first-order valence-corrected chi connectivity index (χ1v) is 7.28. The van der Waals surface area contributed by atoms with E-state index in [1.165, 1.54) is 6.07 Å². The van der Waals surface area contributed by atoms with E-state index >= 15 is 0 Å². The van der Waals surface area contributed by atoms with Crippen LogP contribution in [0.3, 0.4) is 0 Å². The van der Waals surface area contributed by atoms with Crippen LogP contribution in [0, 0.1) is 0 Å². The van der Waals surface area contributed by atoms with Gasteiger partial charge in [-0.3, -0.25) is 9.59 Å². The number of hydrogen-bond acceptors (Lipinski definition) is 3. The van der Waals surface area contributed by atoms with Crippen molar-refractivity contribution in [1.82, 2.24) is 10.3 Å². The molecule has 1 atom stereocenters. The van der Waals surface area contributed by atoms with Crippen LogP contribution >= 0.6 is 0 Å². The molecule has 4 N–H and O–H groups in total. The number of aromatic nitrogens is 1.